The number of benzene rings is 2. The van der Waals surface area contributed by atoms with E-state index in [0.29, 0.717) is 17.9 Å². The Balaban J connectivity index is 1.75. The first-order valence-corrected chi connectivity index (χ1v) is 9.58. The molecule has 6 nitrogen and oxygen atoms in total. The van der Waals surface area contributed by atoms with Gasteiger partial charge in [0, 0.05) is 30.1 Å². The van der Waals surface area contributed by atoms with E-state index in [-0.39, 0.29) is 17.6 Å². The number of urea groups is 1. The van der Waals surface area contributed by atoms with Crippen LogP contribution < -0.4 is 10.6 Å². The summed E-state index contributed by atoms with van der Waals surface area (Å²) in [5, 5.41) is 15.7. The number of carbonyl (C=O) groups is 1. The van der Waals surface area contributed by atoms with Gasteiger partial charge < -0.3 is 15.7 Å². The number of nitrogens with zero attached hydrogens (tertiary/aromatic N) is 2. The van der Waals surface area contributed by atoms with Gasteiger partial charge in [0.25, 0.3) is 0 Å². The van der Waals surface area contributed by atoms with E-state index in [2.05, 4.69) is 15.6 Å². The predicted molar refractivity (Wildman–Crippen MR) is 115 cm³/mol. The number of anilines is 1. The second kappa shape index (κ2) is 7.87. The molecule has 0 fully saturated rings. The Kier molecular flexibility index (Phi) is 5.10. The molecule has 0 aliphatic heterocycles. The van der Waals surface area contributed by atoms with Gasteiger partial charge in [-0.2, -0.15) is 0 Å². The second-order valence-corrected chi connectivity index (χ2v) is 6.94. The van der Waals surface area contributed by atoms with Crippen LogP contribution in [0, 0.1) is 12.7 Å². The number of phenols is 1. The van der Waals surface area contributed by atoms with Gasteiger partial charge in [0.15, 0.2) is 0 Å². The van der Waals surface area contributed by atoms with Crippen LogP contribution in [-0.2, 0) is 0 Å². The summed E-state index contributed by atoms with van der Waals surface area (Å²) < 4.78 is 15.1. The van der Waals surface area contributed by atoms with Crippen LogP contribution in [0.2, 0.25) is 0 Å². The molecule has 0 aliphatic rings. The Hall–Kier alpha value is -3.87. The van der Waals surface area contributed by atoms with Crippen molar-refractivity contribution < 1.29 is 14.3 Å². The van der Waals surface area contributed by atoms with Crippen LogP contribution in [0.5, 0.6) is 5.75 Å². The number of phenolic OH excluding ortho intramolecular Hbond substituents is 1. The van der Waals surface area contributed by atoms with Gasteiger partial charge in [0.05, 0.1) is 11.9 Å². The molecule has 0 saturated heterocycles. The highest BCUT2D eigenvalue weighted by atomic mass is 19.1. The standard InChI is InChI=1S/C23H21FN4O2/c1-3-25-23(30)27-20-12-18(29)11-19(14(20)2)21-13-26-22-10-16(8-9-28(21)22)15-4-6-17(24)7-5-15/h4-13,29H,3H2,1-2H3,(H2,25,27,30). The maximum Gasteiger partial charge on any atom is 0.319 e. The minimum absolute atomic E-state index is 0.0419. The van der Waals surface area contributed by atoms with Gasteiger partial charge in [-0.15, -0.1) is 0 Å². The van der Waals surface area contributed by atoms with Crippen molar-refractivity contribution in [2.75, 3.05) is 11.9 Å². The van der Waals surface area contributed by atoms with Gasteiger partial charge in [-0.3, -0.25) is 4.40 Å². The molecule has 7 heteroatoms. The zero-order chi connectivity index (χ0) is 21.3. The Bertz CT molecular complexity index is 1230. The van der Waals surface area contributed by atoms with Crippen LogP contribution in [0.1, 0.15) is 12.5 Å². The molecule has 4 rings (SSSR count). The molecule has 0 aliphatic carbocycles. The van der Waals surface area contributed by atoms with Crippen LogP contribution in [0.3, 0.4) is 0 Å². The van der Waals surface area contributed by atoms with E-state index in [9.17, 15) is 14.3 Å². The Morgan fingerprint density at radius 1 is 1.13 bits per heavy atom. The SMILES string of the molecule is CCNC(=O)Nc1cc(O)cc(-c2cnc3cc(-c4ccc(F)cc4)ccn23)c1C. The summed E-state index contributed by atoms with van der Waals surface area (Å²) in [7, 11) is 0. The third-order valence-corrected chi connectivity index (χ3v) is 4.94. The van der Waals surface area contributed by atoms with Crippen LogP contribution >= 0.6 is 0 Å². The fourth-order valence-corrected chi connectivity index (χ4v) is 3.42. The average molecular weight is 404 g/mol. The molecule has 152 valence electrons. The van der Waals surface area contributed by atoms with Crippen molar-refractivity contribution in [2.24, 2.45) is 0 Å². The lowest BCUT2D eigenvalue weighted by Crippen LogP contribution is -2.28. The van der Waals surface area contributed by atoms with Crippen LogP contribution in [0.25, 0.3) is 28.0 Å². The highest BCUT2D eigenvalue weighted by Crippen LogP contribution is 2.34. The van der Waals surface area contributed by atoms with E-state index in [0.717, 1.165) is 27.9 Å². The van der Waals surface area contributed by atoms with Gasteiger partial charge >= 0.3 is 6.03 Å². The van der Waals surface area contributed by atoms with Gasteiger partial charge in [-0.25, -0.2) is 14.2 Å². The number of halogens is 1. The first-order valence-electron chi connectivity index (χ1n) is 9.58. The van der Waals surface area contributed by atoms with Gasteiger partial charge in [-0.05, 0) is 60.9 Å². The molecular weight excluding hydrogens is 383 g/mol. The Labute approximate surface area is 173 Å². The van der Waals surface area contributed by atoms with E-state index in [4.69, 9.17) is 0 Å². The molecule has 0 unspecified atom stereocenters. The lowest BCUT2D eigenvalue weighted by Gasteiger charge is -2.14. The minimum atomic E-state index is -0.334. The largest absolute Gasteiger partial charge is 0.508 e. The molecule has 0 radical (unpaired) electrons. The van der Waals surface area contributed by atoms with Gasteiger partial charge in [-0.1, -0.05) is 12.1 Å². The predicted octanol–water partition coefficient (Wildman–Crippen LogP) is 4.96. The molecule has 2 heterocycles. The van der Waals surface area contributed by atoms with Crippen LogP contribution in [-0.4, -0.2) is 27.1 Å². The van der Waals surface area contributed by atoms with Crippen LogP contribution in [0.4, 0.5) is 14.9 Å². The molecular formula is C23H21FN4O2. The number of pyridine rings is 1. The van der Waals surface area contributed by atoms with E-state index in [1.165, 1.54) is 18.2 Å². The number of amides is 2. The maximum absolute atomic E-state index is 13.2. The molecule has 2 aromatic heterocycles. The zero-order valence-corrected chi connectivity index (χ0v) is 16.6. The molecule has 3 N–H and O–H groups in total. The number of aromatic hydroxyl groups is 1. The molecule has 30 heavy (non-hydrogen) atoms. The average Bonchev–Trinajstić information content (AvgIpc) is 3.14. The van der Waals surface area contributed by atoms with Gasteiger partial charge in [0.1, 0.15) is 17.2 Å². The normalized spacial score (nSPS) is 10.9. The number of hydrogen-bond donors (Lipinski definition) is 3. The van der Waals surface area contributed by atoms with Crippen LogP contribution in [0.15, 0.2) is 60.9 Å². The summed E-state index contributed by atoms with van der Waals surface area (Å²) in [6.07, 6.45) is 3.61. The van der Waals surface area contributed by atoms with Gasteiger partial charge in [0.2, 0.25) is 0 Å². The smallest absolute Gasteiger partial charge is 0.319 e. The maximum atomic E-state index is 13.2. The van der Waals surface area contributed by atoms with E-state index in [1.54, 1.807) is 24.4 Å². The van der Waals surface area contributed by atoms with Crippen molar-refractivity contribution in [3.63, 3.8) is 0 Å². The summed E-state index contributed by atoms with van der Waals surface area (Å²) in [5.41, 5.74) is 5.40. The lowest BCUT2D eigenvalue weighted by molar-refractivity contribution is 0.252. The Morgan fingerprint density at radius 2 is 1.90 bits per heavy atom. The summed E-state index contributed by atoms with van der Waals surface area (Å²) >= 11 is 0. The van der Waals surface area contributed by atoms with Crippen molar-refractivity contribution in [2.45, 2.75) is 13.8 Å². The highest BCUT2D eigenvalue weighted by molar-refractivity contribution is 5.92. The topological polar surface area (TPSA) is 78.7 Å². The van der Waals surface area contributed by atoms with E-state index >= 15 is 0 Å². The third-order valence-electron chi connectivity index (χ3n) is 4.94. The summed E-state index contributed by atoms with van der Waals surface area (Å²) in [6, 6.07) is 13.0. The number of carbonyl (C=O) groups excluding carboxylic acids is 1. The fourth-order valence-electron chi connectivity index (χ4n) is 3.42. The molecule has 2 amide bonds. The van der Waals surface area contributed by atoms with Crippen molar-refractivity contribution in [3.05, 3.63) is 72.3 Å². The third kappa shape index (κ3) is 3.69. The summed E-state index contributed by atoms with van der Waals surface area (Å²) in [4.78, 5) is 16.4. The number of rotatable bonds is 4. The van der Waals surface area contributed by atoms with E-state index in [1.807, 2.05) is 36.6 Å². The molecule has 2 aromatic carbocycles. The van der Waals surface area contributed by atoms with Crippen molar-refractivity contribution in [1.82, 2.24) is 14.7 Å². The number of fused-ring (bicyclic) bond motifs is 1. The number of hydrogen-bond acceptors (Lipinski definition) is 3. The molecule has 0 bridgehead atoms. The fraction of sp³-hybridized carbons (Fsp3) is 0.130. The minimum Gasteiger partial charge on any atom is -0.508 e. The lowest BCUT2D eigenvalue weighted by atomic mass is 10.0. The molecule has 0 spiro atoms. The quantitative estimate of drug-likeness (QED) is 0.450. The Morgan fingerprint density at radius 3 is 2.63 bits per heavy atom. The van der Waals surface area contributed by atoms with Crippen molar-refractivity contribution in [1.29, 1.82) is 0 Å². The first-order chi connectivity index (χ1) is 14.5. The molecule has 4 aromatic rings. The second-order valence-electron chi connectivity index (χ2n) is 6.94. The highest BCUT2D eigenvalue weighted by Gasteiger charge is 2.15. The number of nitrogens with one attached hydrogen (secondary N) is 2. The number of imidazole rings is 1. The molecule has 0 saturated carbocycles. The van der Waals surface area contributed by atoms with Crippen molar-refractivity contribution >= 4 is 17.4 Å². The summed E-state index contributed by atoms with van der Waals surface area (Å²) in [5.74, 6) is -0.236. The number of aromatic nitrogens is 2. The molecule has 0 atom stereocenters. The monoisotopic (exact) mass is 404 g/mol. The first kappa shape index (κ1) is 19.4. The summed E-state index contributed by atoms with van der Waals surface area (Å²) in [6.45, 7) is 4.21. The van der Waals surface area contributed by atoms with Crippen molar-refractivity contribution in [3.8, 4) is 28.1 Å². The zero-order valence-electron chi connectivity index (χ0n) is 16.6. The van der Waals surface area contributed by atoms with E-state index < -0.39 is 0 Å².